The smallest absolute Gasteiger partial charge is 0.237 e. The Hall–Kier alpha value is -0.720. The van der Waals surface area contributed by atoms with Crippen LogP contribution < -0.4 is 0 Å². The summed E-state index contributed by atoms with van der Waals surface area (Å²) in [5.74, 6) is 0. The summed E-state index contributed by atoms with van der Waals surface area (Å²) in [5, 5.41) is 0. The van der Waals surface area contributed by atoms with Crippen molar-refractivity contribution in [1.29, 1.82) is 0 Å². The van der Waals surface area contributed by atoms with Gasteiger partial charge >= 0.3 is 24.1 Å². The summed E-state index contributed by atoms with van der Waals surface area (Å²) in [4.78, 5) is 0. The molecule has 0 aliphatic carbocycles. The third kappa shape index (κ3) is 2.75. The van der Waals surface area contributed by atoms with E-state index >= 15 is 0 Å². The van der Waals surface area contributed by atoms with Gasteiger partial charge in [0.25, 0.3) is 11.0 Å². The Morgan fingerprint density at radius 2 is 0.882 bits per heavy atom. The van der Waals surface area contributed by atoms with Crippen molar-refractivity contribution in [1.82, 2.24) is 0 Å². The highest BCUT2D eigenvalue weighted by Gasteiger charge is 2.86. The van der Waals surface area contributed by atoms with Crippen molar-refractivity contribution >= 4 is 11.0 Å². The topological polar surface area (TPSA) is 43.4 Å². The first-order chi connectivity index (χ1) is 7.17. The third-order valence-electron chi connectivity index (χ3n) is 1.41. The van der Waals surface area contributed by atoms with Crippen molar-refractivity contribution in [3.63, 3.8) is 0 Å². The summed E-state index contributed by atoms with van der Waals surface area (Å²) in [7, 11) is -5.04. The van der Waals surface area contributed by atoms with E-state index in [0.717, 1.165) is 0 Å². The lowest BCUT2D eigenvalue weighted by atomic mass is 10.0. The molecule has 0 bridgehead atoms. The predicted molar refractivity (Wildman–Crippen MR) is 32.3 cm³/mol. The monoisotopic (exact) mass is 300 g/mol. The van der Waals surface area contributed by atoms with E-state index in [1.807, 2.05) is 0 Å². The van der Waals surface area contributed by atoms with Crippen LogP contribution in [0.1, 0.15) is 0 Å². The summed E-state index contributed by atoms with van der Waals surface area (Å²) in [6.07, 6.45) is -21.1. The maximum absolute atomic E-state index is 11.9. The van der Waals surface area contributed by atoms with Crippen molar-refractivity contribution in [3.8, 4) is 0 Å². The Morgan fingerprint density at radius 1 is 0.647 bits per heavy atom. The minimum absolute atomic E-state index is 2.11. The molecule has 17 heavy (non-hydrogen) atoms. The Morgan fingerprint density at radius 3 is 0.941 bits per heavy atom. The van der Waals surface area contributed by atoms with Gasteiger partial charge in [0.15, 0.2) is 0 Å². The normalized spacial score (nSPS) is 15.4. The first kappa shape index (κ1) is 16.3. The van der Waals surface area contributed by atoms with E-state index in [-0.39, 0.29) is 0 Å². The van der Waals surface area contributed by atoms with Crippen molar-refractivity contribution in [2.75, 3.05) is 0 Å². The first-order valence-corrected chi connectivity index (χ1v) is 4.30. The highest BCUT2D eigenvalue weighted by Crippen LogP contribution is 2.54. The number of alkyl halides is 9. The molecular formula is C4HF9O3S. The second-order valence-corrected chi connectivity index (χ2v) is 3.12. The minimum Gasteiger partial charge on any atom is -0.237 e. The van der Waals surface area contributed by atoms with E-state index in [1.54, 1.807) is 0 Å². The maximum atomic E-state index is 11.9. The highest BCUT2D eigenvalue weighted by atomic mass is 32.2. The predicted octanol–water partition coefficient (Wildman–Crippen LogP) is 1.96. The maximum Gasteiger partial charge on any atom is 0.437 e. The molecule has 0 N–H and O–H groups in total. The van der Waals surface area contributed by atoms with Gasteiger partial charge in [0.1, 0.15) is 0 Å². The van der Waals surface area contributed by atoms with Gasteiger partial charge < -0.3 is 0 Å². The molecule has 0 aromatic carbocycles. The molecule has 0 fully saturated rings. The molecule has 0 aromatic heterocycles. The van der Waals surface area contributed by atoms with Gasteiger partial charge in [-0.2, -0.15) is 39.5 Å². The summed E-state index contributed by atoms with van der Waals surface area (Å²) in [6, 6.07) is 0. The second kappa shape index (κ2) is 4.19. The molecule has 0 unspecified atom stereocenters. The quantitative estimate of drug-likeness (QED) is 0.626. The average Bonchev–Trinajstić information content (AvgIpc) is 1.91. The molecule has 0 saturated heterocycles. The fourth-order valence-electron chi connectivity index (χ4n) is 0.749. The Bertz CT molecular complexity index is 303. The molecule has 0 aliphatic heterocycles. The zero-order chi connectivity index (χ0) is 14.3. The van der Waals surface area contributed by atoms with Crippen LogP contribution in [-0.2, 0) is 15.2 Å². The van der Waals surface area contributed by atoms with Crippen molar-refractivity contribution in [2.45, 2.75) is 24.1 Å². The van der Waals surface area contributed by atoms with Gasteiger partial charge in [-0.05, 0) is 0 Å². The van der Waals surface area contributed by atoms with E-state index in [4.69, 9.17) is 0 Å². The number of hydrogen-bond donors (Lipinski definition) is 1. The van der Waals surface area contributed by atoms with Gasteiger partial charge in [0.05, 0.1) is 0 Å². The Balaban J connectivity index is 6.12. The second-order valence-electron chi connectivity index (χ2n) is 2.49. The van der Waals surface area contributed by atoms with E-state index < -0.39 is 35.1 Å². The van der Waals surface area contributed by atoms with Crippen LogP contribution in [0.4, 0.5) is 39.5 Å². The van der Waals surface area contributed by atoms with Crippen LogP contribution in [0.25, 0.3) is 0 Å². The zero-order valence-electron chi connectivity index (χ0n) is 7.07. The van der Waals surface area contributed by atoms with E-state index in [2.05, 4.69) is 4.18 Å². The number of hydrogen-bond acceptors (Lipinski definition) is 3. The van der Waals surface area contributed by atoms with Gasteiger partial charge in [-0.15, -0.1) is 0 Å². The lowest BCUT2D eigenvalue weighted by Gasteiger charge is -2.35. The molecule has 0 amide bonds. The molecule has 0 aromatic rings. The largest absolute Gasteiger partial charge is 0.437 e. The molecule has 3 nitrogen and oxygen atoms in total. The molecule has 0 saturated carbocycles. The molecule has 0 radical (unpaired) electrons. The van der Waals surface area contributed by atoms with Gasteiger partial charge in [-0.3, -0.25) is 0 Å². The summed E-state index contributed by atoms with van der Waals surface area (Å²) >= 11 is 0. The van der Waals surface area contributed by atoms with Crippen LogP contribution in [0.5, 0.6) is 0 Å². The van der Waals surface area contributed by atoms with E-state index in [1.165, 1.54) is 0 Å². The Labute approximate surface area is 88.3 Å². The molecule has 13 heteroatoms. The van der Waals surface area contributed by atoms with Crippen LogP contribution in [0.15, 0.2) is 0 Å². The van der Waals surface area contributed by atoms with Gasteiger partial charge in [0.2, 0.25) is 0 Å². The summed E-state index contributed by atoms with van der Waals surface area (Å²) < 4.78 is 129. The molecule has 0 heterocycles. The van der Waals surface area contributed by atoms with Crippen molar-refractivity contribution in [3.05, 3.63) is 0 Å². The molecular weight excluding hydrogens is 299 g/mol. The highest BCUT2D eigenvalue weighted by molar-refractivity contribution is 7.67. The van der Waals surface area contributed by atoms with Gasteiger partial charge in [0, 0.05) is 0 Å². The lowest BCUT2D eigenvalue weighted by Crippen LogP contribution is -2.67. The third-order valence-corrected chi connectivity index (χ3v) is 1.83. The minimum atomic E-state index is -7.04. The number of halogens is 9. The first-order valence-electron chi connectivity index (χ1n) is 3.20. The molecule has 0 aliphatic rings. The van der Waals surface area contributed by atoms with Crippen LogP contribution in [0, 0.1) is 0 Å². The standard InChI is InChI=1S/C4HF9O3S/c5-2(6,7)1(3(8,9)10,4(11,12)13)16-17(14)15/h17H. The molecule has 0 rings (SSSR count). The fraction of sp³-hybridized carbons (Fsp3) is 1.00. The lowest BCUT2D eigenvalue weighted by molar-refractivity contribution is -0.435. The van der Waals surface area contributed by atoms with Gasteiger partial charge in [-0.25, -0.2) is 12.6 Å². The van der Waals surface area contributed by atoms with Crippen LogP contribution in [-0.4, -0.2) is 32.5 Å². The van der Waals surface area contributed by atoms with Crippen LogP contribution >= 0.6 is 0 Å². The Kier molecular flexibility index (Phi) is 4.01. The number of rotatable bonds is 2. The number of thiol groups is 1. The summed E-state index contributed by atoms with van der Waals surface area (Å²) in [6.45, 7) is 0. The average molecular weight is 300 g/mol. The summed E-state index contributed by atoms with van der Waals surface area (Å²) in [5.41, 5.74) is -6.76. The van der Waals surface area contributed by atoms with Gasteiger partial charge in [-0.1, -0.05) is 0 Å². The molecule has 0 spiro atoms. The fourth-order valence-corrected chi connectivity index (χ4v) is 1.28. The van der Waals surface area contributed by atoms with Crippen molar-refractivity contribution in [2.24, 2.45) is 0 Å². The molecule has 104 valence electrons. The van der Waals surface area contributed by atoms with Crippen LogP contribution in [0.3, 0.4) is 0 Å². The zero-order valence-corrected chi connectivity index (χ0v) is 7.97. The molecule has 0 atom stereocenters. The SMILES string of the molecule is O=[SH](=O)OC(C(F)(F)F)(C(F)(F)F)C(F)(F)F. The van der Waals surface area contributed by atoms with E-state index in [0.29, 0.717) is 0 Å². The van der Waals surface area contributed by atoms with Crippen LogP contribution in [0.2, 0.25) is 0 Å². The van der Waals surface area contributed by atoms with E-state index in [9.17, 15) is 47.9 Å². The van der Waals surface area contributed by atoms with Crippen molar-refractivity contribution < 1.29 is 52.1 Å².